The molecule has 0 radical (unpaired) electrons. The number of amides is 1. The van der Waals surface area contributed by atoms with E-state index in [1.807, 2.05) is 25.1 Å². The number of nitrogens with one attached hydrogen (secondary N) is 1. The predicted octanol–water partition coefficient (Wildman–Crippen LogP) is 2.37. The molecule has 4 nitrogen and oxygen atoms in total. The number of benzene rings is 1. The Morgan fingerprint density at radius 3 is 2.95 bits per heavy atom. The molecule has 1 aromatic rings. The quantitative estimate of drug-likeness (QED) is 0.888. The Balaban J connectivity index is 1.87. The number of hydrogen-bond acceptors (Lipinski definition) is 3. The molecule has 1 aromatic carbocycles. The number of hydrogen-bond donors (Lipinski definition) is 2. The highest BCUT2D eigenvalue weighted by Gasteiger charge is 2.24. The van der Waals surface area contributed by atoms with Crippen molar-refractivity contribution in [3.63, 3.8) is 0 Å². The van der Waals surface area contributed by atoms with Crippen LogP contribution in [0, 0.1) is 12.8 Å². The molecule has 1 fully saturated rings. The minimum atomic E-state index is 0.0217. The lowest BCUT2D eigenvalue weighted by Gasteiger charge is -2.34. The maximum absolute atomic E-state index is 12.1. The molecule has 2 unspecified atom stereocenters. The van der Waals surface area contributed by atoms with Crippen LogP contribution < -0.4 is 11.1 Å². The van der Waals surface area contributed by atoms with E-state index in [0.717, 1.165) is 35.2 Å². The Hall–Kier alpha value is -0.910. The number of halogens is 1. The Morgan fingerprint density at radius 1 is 1.55 bits per heavy atom. The standard InChI is InChI=1S/C15H22BrN3O/c1-10-5-6-19(8-14(10)17)9-15(20)18-12-3-4-13(16)11(2)7-12/h3-4,7,10,14H,5-6,8-9,17H2,1-2H3,(H,18,20). The molecule has 1 saturated heterocycles. The van der Waals surface area contributed by atoms with Gasteiger partial charge in [0.2, 0.25) is 5.91 Å². The second-order valence-electron chi connectivity index (χ2n) is 5.68. The van der Waals surface area contributed by atoms with Gasteiger partial charge in [0.25, 0.3) is 0 Å². The van der Waals surface area contributed by atoms with Crippen LogP contribution in [-0.2, 0) is 4.79 Å². The average Bonchev–Trinajstić information content (AvgIpc) is 2.38. The number of likely N-dealkylation sites (tertiary alicyclic amines) is 1. The summed E-state index contributed by atoms with van der Waals surface area (Å²) < 4.78 is 1.05. The van der Waals surface area contributed by atoms with E-state index in [0.29, 0.717) is 12.5 Å². The van der Waals surface area contributed by atoms with Gasteiger partial charge in [-0.25, -0.2) is 0 Å². The molecule has 1 aliphatic rings. The first-order valence-corrected chi connectivity index (χ1v) is 7.79. The molecule has 5 heteroatoms. The van der Waals surface area contributed by atoms with Gasteiger partial charge in [0.15, 0.2) is 0 Å². The monoisotopic (exact) mass is 339 g/mol. The smallest absolute Gasteiger partial charge is 0.238 e. The van der Waals surface area contributed by atoms with Gasteiger partial charge in [-0.2, -0.15) is 0 Å². The number of anilines is 1. The average molecular weight is 340 g/mol. The van der Waals surface area contributed by atoms with E-state index >= 15 is 0 Å². The lowest BCUT2D eigenvalue weighted by Crippen LogP contribution is -2.49. The first-order valence-electron chi connectivity index (χ1n) is 6.99. The fourth-order valence-corrected chi connectivity index (χ4v) is 2.69. The third-order valence-corrected chi connectivity index (χ3v) is 4.80. The normalized spacial score (nSPS) is 23.6. The van der Waals surface area contributed by atoms with Gasteiger partial charge in [-0.3, -0.25) is 9.69 Å². The van der Waals surface area contributed by atoms with Crippen molar-refractivity contribution in [2.45, 2.75) is 26.3 Å². The summed E-state index contributed by atoms with van der Waals surface area (Å²) in [4.78, 5) is 14.2. The number of piperidine rings is 1. The maximum Gasteiger partial charge on any atom is 0.238 e. The molecule has 20 heavy (non-hydrogen) atoms. The molecule has 1 aliphatic heterocycles. The number of aryl methyl sites for hydroxylation is 1. The summed E-state index contributed by atoms with van der Waals surface area (Å²) in [5.41, 5.74) is 8.00. The van der Waals surface area contributed by atoms with Gasteiger partial charge in [-0.15, -0.1) is 0 Å². The largest absolute Gasteiger partial charge is 0.326 e. The van der Waals surface area contributed by atoms with Crippen LogP contribution in [0.3, 0.4) is 0 Å². The molecule has 3 N–H and O–H groups in total. The predicted molar refractivity (Wildman–Crippen MR) is 85.7 cm³/mol. The van der Waals surface area contributed by atoms with E-state index < -0.39 is 0 Å². The fraction of sp³-hybridized carbons (Fsp3) is 0.533. The Kier molecular flexibility index (Phi) is 5.18. The highest BCUT2D eigenvalue weighted by atomic mass is 79.9. The highest BCUT2D eigenvalue weighted by Crippen LogP contribution is 2.20. The Morgan fingerprint density at radius 2 is 2.30 bits per heavy atom. The van der Waals surface area contributed by atoms with E-state index in [4.69, 9.17) is 5.73 Å². The molecule has 0 saturated carbocycles. The molecule has 1 heterocycles. The first kappa shape index (κ1) is 15.5. The van der Waals surface area contributed by atoms with Crippen LogP contribution in [0.2, 0.25) is 0 Å². The van der Waals surface area contributed by atoms with E-state index in [9.17, 15) is 4.79 Å². The van der Waals surface area contributed by atoms with Crippen molar-refractivity contribution >= 4 is 27.5 Å². The second-order valence-corrected chi connectivity index (χ2v) is 6.53. The first-order chi connectivity index (χ1) is 9.45. The third-order valence-electron chi connectivity index (χ3n) is 3.91. The topological polar surface area (TPSA) is 58.4 Å². The summed E-state index contributed by atoms with van der Waals surface area (Å²) in [7, 11) is 0. The van der Waals surface area contributed by atoms with Crippen molar-refractivity contribution in [2.24, 2.45) is 11.7 Å². The molecule has 2 rings (SSSR count). The van der Waals surface area contributed by atoms with Gasteiger partial charge in [0.1, 0.15) is 0 Å². The SMILES string of the molecule is Cc1cc(NC(=O)CN2CCC(C)C(N)C2)ccc1Br. The molecule has 1 amide bonds. The fourth-order valence-electron chi connectivity index (χ4n) is 2.44. The Bertz CT molecular complexity index is 492. The van der Waals surface area contributed by atoms with E-state index in [1.54, 1.807) is 0 Å². The molecule has 0 aliphatic carbocycles. The molecule has 0 bridgehead atoms. The molecule has 110 valence electrons. The number of carbonyl (C=O) groups excluding carboxylic acids is 1. The number of nitrogens with zero attached hydrogens (tertiary/aromatic N) is 1. The molecular formula is C15H22BrN3O. The van der Waals surface area contributed by atoms with Crippen molar-refractivity contribution < 1.29 is 4.79 Å². The second kappa shape index (κ2) is 6.70. The van der Waals surface area contributed by atoms with Gasteiger partial charge in [-0.05, 0) is 49.6 Å². The zero-order chi connectivity index (χ0) is 14.7. The number of carbonyl (C=O) groups is 1. The van der Waals surface area contributed by atoms with Crippen molar-refractivity contribution in [1.82, 2.24) is 4.90 Å². The zero-order valence-corrected chi connectivity index (χ0v) is 13.6. The summed E-state index contributed by atoms with van der Waals surface area (Å²) in [6, 6.07) is 5.99. The van der Waals surface area contributed by atoms with Crippen LogP contribution in [0.25, 0.3) is 0 Å². The van der Waals surface area contributed by atoms with Crippen LogP contribution >= 0.6 is 15.9 Å². The lowest BCUT2D eigenvalue weighted by atomic mass is 9.94. The van der Waals surface area contributed by atoms with Crippen LogP contribution in [0.15, 0.2) is 22.7 Å². The Labute approximate surface area is 128 Å². The van der Waals surface area contributed by atoms with Gasteiger partial charge < -0.3 is 11.1 Å². The summed E-state index contributed by atoms with van der Waals surface area (Å²) in [6.07, 6.45) is 1.06. The van der Waals surface area contributed by atoms with Crippen molar-refractivity contribution in [3.05, 3.63) is 28.2 Å². The molecule has 2 atom stereocenters. The van der Waals surface area contributed by atoms with E-state index in [1.165, 1.54) is 0 Å². The summed E-state index contributed by atoms with van der Waals surface area (Å²) >= 11 is 3.45. The van der Waals surface area contributed by atoms with Crippen LogP contribution in [0.5, 0.6) is 0 Å². The van der Waals surface area contributed by atoms with Gasteiger partial charge in [0.05, 0.1) is 6.54 Å². The van der Waals surface area contributed by atoms with Crippen molar-refractivity contribution in [1.29, 1.82) is 0 Å². The number of nitrogens with two attached hydrogens (primary N) is 1. The van der Waals surface area contributed by atoms with Gasteiger partial charge in [0, 0.05) is 22.7 Å². The van der Waals surface area contributed by atoms with Crippen molar-refractivity contribution in [3.8, 4) is 0 Å². The van der Waals surface area contributed by atoms with Gasteiger partial charge >= 0.3 is 0 Å². The van der Waals surface area contributed by atoms with Gasteiger partial charge in [-0.1, -0.05) is 22.9 Å². The summed E-state index contributed by atoms with van der Waals surface area (Å²) in [5.74, 6) is 0.567. The van der Waals surface area contributed by atoms with Crippen LogP contribution in [0.4, 0.5) is 5.69 Å². The summed E-state index contributed by atoms with van der Waals surface area (Å²) in [6.45, 7) is 6.34. The maximum atomic E-state index is 12.1. The molecular weight excluding hydrogens is 318 g/mol. The third kappa shape index (κ3) is 4.04. The minimum Gasteiger partial charge on any atom is -0.326 e. The lowest BCUT2D eigenvalue weighted by molar-refractivity contribution is -0.117. The molecule has 0 aromatic heterocycles. The summed E-state index contributed by atoms with van der Waals surface area (Å²) in [5, 5.41) is 2.94. The van der Waals surface area contributed by atoms with Crippen LogP contribution in [-0.4, -0.2) is 36.5 Å². The number of rotatable bonds is 3. The van der Waals surface area contributed by atoms with Crippen LogP contribution in [0.1, 0.15) is 18.9 Å². The minimum absolute atomic E-state index is 0.0217. The molecule has 0 spiro atoms. The van der Waals surface area contributed by atoms with E-state index in [-0.39, 0.29) is 11.9 Å². The van der Waals surface area contributed by atoms with E-state index in [2.05, 4.69) is 33.1 Å². The zero-order valence-electron chi connectivity index (χ0n) is 12.0. The highest BCUT2D eigenvalue weighted by molar-refractivity contribution is 9.10. The van der Waals surface area contributed by atoms with Crippen molar-refractivity contribution in [2.75, 3.05) is 25.0 Å².